The number of carbonyl (C=O) groups excluding carboxylic acids is 2. The van der Waals surface area contributed by atoms with E-state index in [9.17, 15) is 14.0 Å². The van der Waals surface area contributed by atoms with Crippen LogP contribution in [0.25, 0.3) is 0 Å². The summed E-state index contributed by atoms with van der Waals surface area (Å²) in [5, 5.41) is 0. The van der Waals surface area contributed by atoms with Crippen molar-refractivity contribution in [2.24, 2.45) is 0 Å². The molecule has 0 saturated heterocycles. The largest absolute Gasteiger partial charge is 0.492 e. The van der Waals surface area contributed by atoms with E-state index in [1.165, 1.54) is 23.1 Å². The summed E-state index contributed by atoms with van der Waals surface area (Å²) in [7, 11) is 0. The third-order valence-corrected chi connectivity index (χ3v) is 4.18. The number of benzene rings is 2. The third-order valence-electron chi connectivity index (χ3n) is 3.56. The number of fused-ring (bicyclic) bond motifs is 1. The van der Waals surface area contributed by atoms with Gasteiger partial charge in [-0.3, -0.25) is 14.5 Å². The molecule has 0 N–H and O–H groups in total. The Hall–Kier alpha value is -2.21. The average Bonchev–Trinajstić information content (AvgIpc) is 2.78. The van der Waals surface area contributed by atoms with Gasteiger partial charge < -0.3 is 4.74 Å². The molecule has 0 saturated carbocycles. The quantitative estimate of drug-likeness (QED) is 0.590. The van der Waals surface area contributed by atoms with Crippen molar-refractivity contribution in [3.05, 3.63) is 63.9 Å². The van der Waals surface area contributed by atoms with E-state index in [2.05, 4.69) is 15.9 Å². The Bertz CT molecular complexity index is 743. The van der Waals surface area contributed by atoms with Crippen LogP contribution in [0.3, 0.4) is 0 Å². The zero-order chi connectivity index (χ0) is 16.4. The highest BCUT2D eigenvalue weighted by atomic mass is 79.9. The Morgan fingerprint density at radius 3 is 2.30 bits per heavy atom. The van der Waals surface area contributed by atoms with Crippen LogP contribution in [0.2, 0.25) is 0 Å². The molecule has 4 nitrogen and oxygen atoms in total. The van der Waals surface area contributed by atoms with E-state index in [1.807, 2.05) is 0 Å². The monoisotopic (exact) mass is 377 g/mol. The Balaban J connectivity index is 1.56. The van der Waals surface area contributed by atoms with Gasteiger partial charge in [0, 0.05) is 6.54 Å². The van der Waals surface area contributed by atoms with Gasteiger partial charge >= 0.3 is 0 Å². The molecule has 0 bridgehead atoms. The molecule has 6 heteroatoms. The lowest BCUT2D eigenvalue weighted by Crippen LogP contribution is -2.31. The van der Waals surface area contributed by atoms with Gasteiger partial charge in [-0.05, 0) is 52.7 Å². The number of halogens is 2. The van der Waals surface area contributed by atoms with Gasteiger partial charge in [-0.2, -0.15) is 0 Å². The third kappa shape index (κ3) is 3.12. The maximum atomic E-state index is 13.0. The highest BCUT2D eigenvalue weighted by Gasteiger charge is 2.34. The van der Waals surface area contributed by atoms with Crippen LogP contribution in [-0.2, 0) is 0 Å². The van der Waals surface area contributed by atoms with Gasteiger partial charge in [0.15, 0.2) is 0 Å². The van der Waals surface area contributed by atoms with Crippen molar-refractivity contribution in [3.63, 3.8) is 0 Å². The predicted octanol–water partition coefficient (Wildman–Crippen LogP) is 3.65. The number of carbonyl (C=O) groups is 2. The number of nitrogens with zero attached hydrogens (tertiary/aromatic N) is 1. The van der Waals surface area contributed by atoms with Crippen LogP contribution in [-0.4, -0.2) is 29.9 Å². The molecule has 0 aromatic heterocycles. The molecule has 2 aromatic carbocycles. The van der Waals surface area contributed by atoms with E-state index >= 15 is 0 Å². The van der Waals surface area contributed by atoms with Crippen LogP contribution in [0.4, 0.5) is 4.39 Å². The van der Waals surface area contributed by atoms with Crippen molar-refractivity contribution in [1.82, 2.24) is 4.90 Å². The van der Waals surface area contributed by atoms with Crippen molar-refractivity contribution < 1.29 is 18.7 Å². The Morgan fingerprint density at radius 2 is 1.70 bits per heavy atom. The first kappa shape index (κ1) is 15.7. The molecular weight excluding hydrogens is 365 g/mol. The van der Waals surface area contributed by atoms with E-state index in [1.54, 1.807) is 24.3 Å². The number of rotatable bonds is 5. The second-order valence-electron chi connectivity index (χ2n) is 5.08. The lowest BCUT2D eigenvalue weighted by Gasteiger charge is -2.14. The number of imide groups is 1. The molecule has 0 atom stereocenters. The summed E-state index contributed by atoms with van der Waals surface area (Å²) in [4.78, 5) is 25.6. The minimum Gasteiger partial charge on any atom is -0.492 e. The molecule has 23 heavy (non-hydrogen) atoms. The highest BCUT2D eigenvalue weighted by molar-refractivity contribution is 9.10. The Morgan fingerprint density at radius 1 is 1.04 bits per heavy atom. The summed E-state index contributed by atoms with van der Waals surface area (Å²) in [6, 6.07) is 10.9. The van der Waals surface area contributed by atoms with Crippen LogP contribution < -0.4 is 4.74 Å². The molecule has 1 aliphatic heterocycles. The van der Waals surface area contributed by atoms with Crippen molar-refractivity contribution in [1.29, 1.82) is 0 Å². The van der Waals surface area contributed by atoms with Gasteiger partial charge in [-0.1, -0.05) is 12.1 Å². The second kappa shape index (κ2) is 6.50. The van der Waals surface area contributed by atoms with E-state index < -0.39 is 0 Å². The van der Waals surface area contributed by atoms with Gasteiger partial charge in [-0.25, -0.2) is 4.39 Å². The number of hydrogen-bond donors (Lipinski definition) is 0. The van der Waals surface area contributed by atoms with Gasteiger partial charge in [0.05, 0.1) is 22.2 Å². The summed E-state index contributed by atoms with van der Waals surface area (Å²) in [5.74, 6) is -0.369. The smallest absolute Gasteiger partial charge is 0.261 e. The second-order valence-corrected chi connectivity index (χ2v) is 5.94. The number of hydrogen-bond acceptors (Lipinski definition) is 3. The summed E-state index contributed by atoms with van der Waals surface area (Å²) < 4.78 is 19.1. The average molecular weight is 378 g/mol. The number of amides is 2. The zero-order valence-electron chi connectivity index (χ0n) is 12.1. The molecule has 0 spiro atoms. The van der Waals surface area contributed by atoms with E-state index in [0.29, 0.717) is 34.4 Å². The standard InChI is InChI=1S/C17H13BrFNO3/c18-14-10-11(19)6-7-15(14)23-9-3-8-20-16(21)12-4-1-2-5-13(12)17(20)22/h1-2,4-7,10H,3,8-9H2. The first-order chi connectivity index (χ1) is 11.1. The molecule has 118 valence electrons. The molecular formula is C17H13BrFNO3. The minimum absolute atomic E-state index is 0.270. The summed E-state index contributed by atoms with van der Waals surface area (Å²) >= 11 is 3.22. The first-order valence-corrected chi connectivity index (χ1v) is 7.90. The molecule has 0 radical (unpaired) electrons. The topological polar surface area (TPSA) is 46.6 Å². The maximum Gasteiger partial charge on any atom is 0.261 e. The van der Waals surface area contributed by atoms with Gasteiger partial charge in [0.25, 0.3) is 11.8 Å². The van der Waals surface area contributed by atoms with Crippen LogP contribution in [0.5, 0.6) is 5.75 Å². The lowest BCUT2D eigenvalue weighted by molar-refractivity contribution is 0.0646. The molecule has 0 unspecified atom stereocenters. The SMILES string of the molecule is O=C1c2ccccc2C(=O)N1CCCOc1ccc(F)cc1Br. The zero-order valence-corrected chi connectivity index (χ0v) is 13.7. The molecule has 0 aliphatic carbocycles. The van der Waals surface area contributed by atoms with Crippen LogP contribution in [0.15, 0.2) is 46.9 Å². The molecule has 1 heterocycles. The van der Waals surface area contributed by atoms with Gasteiger partial charge in [0.2, 0.25) is 0 Å². The predicted molar refractivity (Wildman–Crippen MR) is 86.0 cm³/mol. The molecule has 1 aliphatic rings. The van der Waals surface area contributed by atoms with Crippen molar-refractivity contribution in [3.8, 4) is 5.75 Å². The molecule has 2 amide bonds. The molecule has 0 fully saturated rings. The van der Waals surface area contributed by atoms with Crippen molar-refractivity contribution in [2.75, 3.05) is 13.2 Å². The van der Waals surface area contributed by atoms with E-state index in [0.717, 1.165) is 0 Å². The van der Waals surface area contributed by atoms with E-state index in [-0.39, 0.29) is 24.2 Å². The molecule has 3 rings (SSSR count). The maximum absolute atomic E-state index is 13.0. The van der Waals surface area contributed by atoms with Crippen LogP contribution >= 0.6 is 15.9 Å². The highest BCUT2D eigenvalue weighted by Crippen LogP contribution is 2.26. The Labute approximate surface area is 141 Å². The summed E-state index contributed by atoms with van der Waals surface area (Å²) in [6.07, 6.45) is 0.495. The summed E-state index contributed by atoms with van der Waals surface area (Å²) in [5.41, 5.74) is 0.888. The first-order valence-electron chi connectivity index (χ1n) is 7.11. The minimum atomic E-state index is -0.352. The normalized spacial score (nSPS) is 13.4. The fourth-order valence-corrected chi connectivity index (χ4v) is 2.90. The van der Waals surface area contributed by atoms with Crippen molar-refractivity contribution in [2.45, 2.75) is 6.42 Å². The van der Waals surface area contributed by atoms with Gasteiger partial charge in [-0.15, -0.1) is 0 Å². The van der Waals surface area contributed by atoms with Crippen LogP contribution in [0, 0.1) is 5.82 Å². The van der Waals surface area contributed by atoms with E-state index in [4.69, 9.17) is 4.74 Å². The fourth-order valence-electron chi connectivity index (χ4n) is 2.44. The fraction of sp³-hybridized carbons (Fsp3) is 0.176. The van der Waals surface area contributed by atoms with Gasteiger partial charge in [0.1, 0.15) is 11.6 Å². The van der Waals surface area contributed by atoms with Crippen LogP contribution in [0.1, 0.15) is 27.1 Å². The molecule has 2 aromatic rings. The summed E-state index contributed by atoms with van der Waals surface area (Å²) in [6.45, 7) is 0.600. The van der Waals surface area contributed by atoms with Crippen molar-refractivity contribution >= 4 is 27.7 Å². The Kier molecular flexibility index (Phi) is 4.43. The lowest BCUT2D eigenvalue weighted by atomic mass is 10.1. The number of ether oxygens (including phenoxy) is 1.